The molecule has 0 saturated carbocycles. The highest BCUT2D eigenvalue weighted by Gasteiger charge is 2.15. The number of hydrogen-bond donors (Lipinski definition) is 3. The Morgan fingerprint density at radius 3 is 2.04 bits per heavy atom. The predicted octanol–water partition coefficient (Wildman–Crippen LogP) is 3.40. The van der Waals surface area contributed by atoms with E-state index in [1.54, 1.807) is 36.4 Å². The zero-order chi connectivity index (χ0) is 18.4. The van der Waals surface area contributed by atoms with Crippen LogP contribution in [0.1, 0.15) is 31.1 Å². The first kappa shape index (κ1) is 18.4. The quantitative estimate of drug-likeness (QED) is 0.779. The molecule has 0 unspecified atom stereocenters. The predicted molar refractivity (Wildman–Crippen MR) is 97.2 cm³/mol. The molecule has 6 heteroatoms. The van der Waals surface area contributed by atoms with Gasteiger partial charge in [0.1, 0.15) is 5.82 Å². The molecule has 25 heavy (non-hydrogen) atoms. The molecule has 0 aliphatic rings. The van der Waals surface area contributed by atoms with Crippen molar-refractivity contribution in [1.29, 1.82) is 0 Å². The average molecular weight is 343 g/mol. The van der Waals surface area contributed by atoms with Crippen LogP contribution < -0.4 is 16.0 Å². The third kappa shape index (κ3) is 6.25. The van der Waals surface area contributed by atoms with Crippen molar-refractivity contribution in [3.63, 3.8) is 0 Å². The normalized spacial score (nSPS) is 10.9. The summed E-state index contributed by atoms with van der Waals surface area (Å²) in [5.41, 5.74) is 1.47. The molecule has 5 nitrogen and oxygen atoms in total. The standard InChI is InChI=1S/C19H22FN3O2/c1-19(2,3)23-18(25)13-4-8-16(9-5-13)22-17(24)12-21-15-10-6-14(20)7-11-15/h4-11,21H,12H2,1-3H3,(H,22,24)(H,23,25). The monoisotopic (exact) mass is 343 g/mol. The number of rotatable bonds is 5. The van der Waals surface area contributed by atoms with E-state index in [9.17, 15) is 14.0 Å². The van der Waals surface area contributed by atoms with Crippen LogP contribution in [0.15, 0.2) is 48.5 Å². The van der Waals surface area contributed by atoms with Gasteiger partial charge in [-0.3, -0.25) is 9.59 Å². The molecule has 2 aromatic carbocycles. The van der Waals surface area contributed by atoms with Crippen LogP contribution in [-0.4, -0.2) is 23.9 Å². The summed E-state index contributed by atoms with van der Waals surface area (Å²) < 4.78 is 12.8. The smallest absolute Gasteiger partial charge is 0.251 e. The van der Waals surface area contributed by atoms with Gasteiger partial charge < -0.3 is 16.0 Å². The van der Waals surface area contributed by atoms with Gasteiger partial charge >= 0.3 is 0 Å². The Labute approximate surface area is 146 Å². The molecule has 2 rings (SSSR count). The van der Waals surface area contributed by atoms with Gasteiger partial charge in [0.05, 0.1) is 6.54 Å². The lowest BCUT2D eigenvalue weighted by molar-refractivity contribution is -0.114. The van der Waals surface area contributed by atoms with Crippen LogP contribution in [-0.2, 0) is 4.79 Å². The molecule has 0 spiro atoms. The Morgan fingerprint density at radius 1 is 0.920 bits per heavy atom. The highest BCUT2D eigenvalue weighted by atomic mass is 19.1. The minimum Gasteiger partial charge on any atom is -0.376 e. The largest absolute Gasteiger partial charge is 0.376 e. The summed E-state index contributed by atoms with van der Waals surface area (Å²) in [7, 11) is 0. The molecule has 0 heterocycles. The van der Waals surface area contributed by atoms with Crippen molar-refractivity contribution in [1.82, 2.24) is 5.32 Å². The molecule has 0 saturated heterocycles. The summed E-state index contributed by atoms with van der Waals surface area (Å²) >= 11 is 0. The maximum absolute atomic E-state index is 12.8. The molecule has 0 aromatic heterocycles. The lowest BCUT2D eigenvalue weighted by Gasteiger charge is -2.20. The van der Waals surface area contributed by atoms with Crippen LogP contribution in [0.25, 0.3) is 0 Å². The van der Waals surface area contributed by atoms with Crippen molar-refractivity contribution < 1.29 is 14.0 Å². The summed E-state index contributed by atoms with van der Waals surface area (Å²) in [5.74, 6) is -0.731. The molecule has 0 atom stereocenters. The number of carbonyl (C=O) groups excluding carboxylic acids is 2. The van der Waals surface area contributed by atoms with E-state index in [-0.39, 0.29) is 29.7 Å². The average Bonchev–Trinajstić information content (AvgIpc) is 2.53. The second-order valence-electron chi connectivity index (χ2n) is 6.69. The summed E-state index contributed by atoms with van der Waals surface area (Å²) in [6.45, 7) is 5.78. The first-order valence-corrected chi connectivity index (χ1v) is 7.95. The number of nitrogens with one attached hydrogen (secondary N) is 3. The van der Waals surface area contributed by atoms with Crippen LogP contribution in [0.5, 0.6) is 0 Å². The lowest BCUT2D eigenvalue weighted by atomic mass is 10.1. The van der Waals surface area contributed by atoms with E-state index in [2.05, 4.69) is 16.0 Å². The lowest BCUT2D eigenvalue weighted by Crippen LogP contribution is -2.40. The van der Waals surface area contributed by atoms with E-state index in [0.717, 1.165) is 0 Å². The fraction of sp³-hybridized carbons (Fsp3) is 0.263. The molecule has 2 aromatic rings. The van der Waals surface area contributed by atoms with Crippen LogP contribution in [0.2, 0.25) is 0 Å². The highest BCUT2D eigenvalue weighted by Crippen LogP contribution is 2.12. The minimum absolute atomic E-state index is 0.0535. The van der Waals surface area contributed by atoms with E-state index in [1.807, 2.05) is 20.8 Å². The van der Waals surface area contributed by atoms with E-state index >= 15 is 0 Å². The molecular formula is C19H22FN3O2. The van der Waals surface area contributed by atoms with Gasteiger partial charge in [-0.1, -0.05) is 0 Å². The van der Waals surface area contributed by atoms with Crippen LogP contribution in [0.4, 0.5) is 15.8 Å². The number of benzene rings is 2. The Kier molecular flexibility index (Phi) is 5.75. The molecule has 0 aliphatic carbocycles. The number of hydrogen-bond acceptors (Lipinski definition) is 3. The van der Waals surface area contributed by atoms with Crippen molar-refractivity contribution in [2.45, 2.75) is 26.3 Å². The number of halogens is 1. The van der Waals surface area contributed by atoms with Gasteiger partial charge in [0, 0.05) is 22.5 Å². The number of carbonyl (C=O) groups is 2. The maximum Gasteiger partial charge on any atom is 0.251 e. The van der Waals surface area contributed by atoms with Gasteiger partial charge in [0.25, 0.3) is 5.91 Å². The van der Waals surface area contributed by atoms with Gasteiger partial charge in [0.2, 0.25) is 5.91 Å². The van der Waals surface area contributed by atoms with E-state index in [4.69, 9.17) is 0 Å². The van der Waals surface area contributed by atoms with Crippen molar-refractivity contribution in [2.24, 2.45) is 0 Å². The Bertz CT molecular complexity index is 735. The fourth-order valence-corrected chi connectivity index (χ4v) is 2.07. The molecule has 2 amide bonds. The second kappa shape index (κ2) is 7.79. The first-order valence-electron chi connectivity index (χ1n) is 7.95. The van der Waals surface area contributed by atoms with E-state index in [0.29, 0.717) is 16.9 Å². The third-order valence-electron chi connectivity index (χ3n) is 3.22. The molecular weight excluding hydrogens is 321 g/mol. The van der Waals surface area contributed by atoms with Crippen molar-refractivity contribution >= 4 is 23.2 Å². The van der Waals surface area contributed by atoms with Crippen molar-refractivity contribution in [2.75, 3.05) is 17.2 Å². The van der Waals surface area contributed by atoms with Crippen molar-refractivity contribution in [3.05, 3.63) is 59.9 Å². The summed E-state index contributed by atoms with van der Waals surface area (Å²) in [4.78, 5) is 24.0. The maximum atomic E-state index is 12.8. The SMILES string of the molecule is CC(C)(C)NC(=O)c1ccc(NC(=O)CNc2ccc(F)cc2)cc1. The third-order valence-corrected chi connectivity index (χ3v) is 3.22. The fourth-order valence-electron chi connectivity index (χ4n) is 2.07. The number of anilines is 2. The Morgan fingerprint density at radius 2 is 1.48 bits per heavy atom. The highest BCUT2D eigenvalue weighted by molar-refractivity contribution is 5.96. The van der Waals surface area contributed by atoms with Gasteiger partial charge in [-0.25, -0.2) is 4.39 Å². The first-order chi connectivity index (χ1) is 11.7. The second-order valence-corrected chi connectivity index (χ2v) is 6.69. The van der Waals surface area contributed by atoms with Gasteiger partial charge in [0.15, 0.2) is 0 Å². The van der Waals surface area contributed by atoms with E-state index < -0.39 is 0 Å². The summed E-state index contributed by atoms with van der Waals surface area (Å²) in [5, 5.41) is 8.51. The zero-order valence-corrected chi connectivity index (χ0v) is 14.5. The van der Waals surface area contributed by atoms with Crippen LogP contribution >= 0.6 is 0 Å². The molecule has 0 radical (unpaired) electrons. The Balaban J connectivity index is 1.86. The molecule has 0 aliphatic heterocycles. The van der Waals surface area contributed by atoms with Gasteiger partial charge in [-0.15, -0.1) is 0 Å². The van der Waals surface area contributed by atoms with Crippen LogP contribution in [0, 0.1) is 5.82 Å². The Hall–Kier alpha value is -2.89. The van der Waals surface area contributed by atoms with Crippen molar-refractivity contribution in [3.8, 4) is 0 Å². The van der Waals surface area contributed by atoms with Gasteiger partial charge in [-0.05, 0) is 69.3 Å². The van der Waals surface area contributed by atoms with Gasteiger partial charge in [-0.2, -0.15) is 0 Å². The summed E-state index contributed by atoms with van der Waals surface area (Å²) in [6, 6.07) is 12.4. The number of amides is 2. The zero-order valence-electron chi connectivity index (χ0n) is 14.5. The molecule has 3 N–H and O–H groups in total. The topological polar surface area (TPSA) is 70.2 Å². The molecule has 0 fully saturated rings. The van der Waals surface area contributed by atoms with E-state index in [1.165, 1.54) is 12.1 Å². The molecule has 0 bridgehead atoms. The minimum atomic E-state index is -0.328. The van der Waals surface area contributed by atoms with Crippen LogP contribution in [0.3, 0.4) is 0 Å². The molecule has 132 valence electrons. The summed E-state index contributed by atoms with van der Waals surface area (Å²) in [6.07, 6.45) is 0.